The Hall–Kier alpha value is -1.44. The number of ether oxygens (including phenoxy) is 1. The minimum absolute atomic E-state index is 0.134. The highest BCUT2D eigenvalue weighted by Crippen LogP contribution is 2.31. The van der Waals surface area contributed by atoms with Crippen LogP contribution in [0.15, 0.2) is 36.4 Å². The molecule has 31 heavy (non-hydrogen) atoms. The molecular formula is C24H37ClN4OS. The first-order valence-corrected chi connectivity index (χ1v) is 11.8. The van der Waals surface area contributed by atoms with E-state index >= 15 is 0 Å². The van der Waals surface area contributed by atoms with Crippen LogP contribution in [0.25, 0.3) is 0 Å². The van der Waals surface area contributed by atoms with Crippen LogP contribution in [-0.4, -0.2) is 68.1 Å². The zero-order valence-corrected chi connectivity index (χ0v) is 21.7. The lowest BCUT2D eigenvalue weighted by Gasteiger charge is -2.30. The third-order valence-corrected chi connectivity index (χ3v) is 6.58. The predicted octanol–water partition coefficient (Wildman–Crippen LogP) is 5.31. The average molecular weight is 465 g/mol. The molecule has 7 heteroatoms. The molecule has 0 radical (unpaired) electrons. The van der Waals surface area contributed by atoms with Crippen LogP contribution in [0.1, 0.15) is 23.6 Å². The number of hydrogen-bond acceptors (Lipinski definition) is 6. The largest absolute Gasteiger partial charge is 0.464 e. The molecule has 0 spiro atoms. The van der Waals surface area contributed by atoms with Gasteiger partial charge >= 0.3 is 0 Å². The first-order chi connectivity index (χ1) is 14.6. The number of benzene rings is 2. The minimum atomic E-state index is -0.134. The zero-order chi connectivity index (χ0) is 23.1. The maximum Gasteiger partial charge on any atom is 0.214 e. The lowest BCUT2D eigenvalue weighted by molar-refractivity contribution is 0.140. The molecule has 1 atom stereocenters. The molecule has 0 aliphatic heterocycles. The number of rotatable bonds is 11. The molecule has 0 saturated heterocycles. The van der Waals surface area contributed by atoms with E-state index in [0.29, 0.717) is 0 Å². The third kappa shape index (κ3) is 7.88. The summed E-state index contributed by atoms with van der Waals surface area (Å²) in [5.74, 6) is 0.921. The molecule has 5 nitrogen and oxygen atoms in total. The Morgan fingerprint density at radius 3 is 2.19 bits per heavy atom. The van der Waals surface area contributed by atoms with Crippen LogP contribution in [-0.2, 0) is 6.54 Å². The Morgan fingerprint density at radius 1 is 0.968 bits per heavy atom. The summed E-state index contributed by atoms with van der Waals surface area (Å²) in [6, 6.07) is 12.4. The Balaban J connectivity index is 2.09. The van der Waals surface area contributed by atoms with Gasteiger partial charge in [0.25, 0.3) is 0 Å². The van der Waals surface area contributed by atoms with Crippen molar-refractivity contribution in [2.24, 2.45) is 0 Å². The third-order valence-electron chi connectivity index (χ3n) is 5.14. The van der Waals surface area contributed by atoms with E-state index in [1.54, 1.807) is 11.9 Å². The molecule has 2 aromatic carbocycles. The maximum atomic E-state index is 6.45. The van der Waals surface area contributed by atoms with Crippen LogP contribution in [0.3, 0.4) is 0 Å². The molecule has 0 bridgehead atoms. The number of anilines is 1. The van der Waals surface area contributed by atoms with E-state index in [2.05, 4.69) is 85.2 Å². The molecule has 172 valence electrons. The van der Waals surface area contributed by atoms with Gasteiger partial charge in [-0.1, -0.05) is 30.7 Å². The van der Waals surface area contributed by atoms with Gasteiger partial charge in [0.2, 0.25) is 5.56 Å². The monoisotopic (exact) mass is 464 g/mol. The van der Waals surface area contributed by atoms with Gasteiger partial charge in [0.1, 0.15) is 5.75 Å². The van der Waals surface area contributed by atoms with Crippen molar-refractivity contribution in [3.63, 3.8) is 0 Å². The van der Waals surface area contributed by atoms with Crippen LogP contribution in [0.4, 0.5) is 5.69 Å². The van der Waals surface area contributed by atoms with Gasteiger partial charge in [0.05, 0.1) is 6.67 Å². The molecular weight excluding hydrogens is 428 g/mol. The summed E-state index contributed by atoms with van der Waals surface area (Å²) in [6.45, 7) is 9.16. The molecule has 0 aliphatic carbocycles. The summed E-state index contributed by atoms with van der Waals surface area (Å²) >= 11 is 7.67. The Bertz CT molecular complexity index is 831. The summed E-state index contributed by atoms with van der Waals surface area (Å²) < 4.78 is 8.64. The Kier molecular flexibility index (Phi) is 9.97. The smallest absolute Gasteiger partial charge is 0.214 e. The molecule has 2 rings (SSSR count). The first-order valence-electron chi connectivity index (χ1n) is 10.6. The summed E-state index contributed by atoms with van der Waals surface area (Å²) in [7, 11) is 10.4. The summed E-state index contributed by atoms with van der Waals surface area (Å²) in [6.07, 6.45) is 0. The highest BCUT2D eigenvalue weighted by atomic mass is 35.5. The van der Waals surface area contributed by atoms with E-state index in [0.717, 1.165) is 36.1 Å². The van der Waals surface area contributed by atoms with Crippen molar-refractivity contribution >= 4 is 29.2 Å². The van der Waals surface area contributed by atoms with Crippen molar-refractivity contribution in [1.82, 2.24) is 14.1 Å². The van der Waals surface area contributed by atoms with Crippen molar-refractivity contribution < 1.29 is 4.74 Å². The van der Waals surface area contributed by atoms with E-state index in [-0.39, 0.29) is 5.56 Å². The highest BCUT2D eigenvalue weighted by molar-refractivity contribution is 7.97. The van der Waals surface area contributed by atoms with Crippen LogP contribution in [0.5, 0.6) is 5.75 Å². The second kappa shape index (κ2) is 12.0. The lowest BCUT2D eigenvalue weighted by Crippen LogP contribution is -2.34. The van der Waals surface area contributed by atoms with Crippen molar-refractivity contribution in [1.29, 1.82) is 0 Å². The second-order valence-electron chi connectivity index (χ2n) is 8.32. The standard InChI is InChI=1S/C24H37ClN4OS/c1-9-27(6)17-28(7)22-14-19(3)23(15-18(22)2)30-24(26(4)5)31-29(8)16-20-10-12-21(25)13-11-20/h10-15,24H,9,16-17H2,1-8H3. The van der Waals surface area contributed by atoms with E-state index in [4.69, 9.17) is 16.3 Å². The van der Waals surface area contributed by atoms with Crippen molar-refractivity contribution in [2.75, 3.05) is 53.4 Å². The fraction of sp³-hybridized carbons (Fsp3) is 0.500. The molecule has 0 amide bonds. The summed E-state index contributed by atoms with van der Waals surface area (Å²) in [4.78, 5) is 6.66. The van der Waals surface area contributed by atoms with Gasteiger partial charge in [-0.15, -0.1) is 0 Å². The highest BCUT2D eigenvalue weighted by Gasteiger charge is 2.19. The maximum absolute atomic E-state index is 6.45. The van der Waals surface area contributed by atoms with E-state index in [9.17, 15) is 0 Å². The fourth-order valence-corrected chi connectivity index (χ4v) is 4.21. The van der Waals surface area contributed by atoms with Gasteiger partial charge in [-0.2, -0.15) is 0 Å². The minimum Gasteiger partial charge on any atom is -0.464 e. The lowest BCUT2D eigenvalue weighted by atomic mass is 10.1. The number of halogens is 1. The van der Waals surface area contributed by atoms with Crippen LogP contribution < -0.4 is 9.64 Å². The molecule has 1 unspecified atom stereocenters. The van der Waals surface area contributed by atoms with Gasteiger partial charge in [0.15, 0.2) is 0 Å². The van der Waals surface area contributed by atoms with Crippen LogP contribution in [0, 0.1) is 13.8 Å². The van der Waals surface area contributed by atoms with Crippen molar-refractivity contribution in [3.8, 4) is 5.75 Å². The van der Waals surface area contributed by atoms with Gasteiger partial charge in [-0.3, -0.25) is 9.80 Å². The number of aryl methyl sites for hydroxylation is 2. The molecule has 2 aromatic rings. The SMILES string of the molecule is CCN(C)CN(C)c1cc(C)c(OC(SN(C)Cc2ccc(Cl)cc2)N(C)C)cc1C. The van der Waals surface area contributed by atoms with E-state index in [1.807, 2.05) is 26.2 Å². The molecule has 0 heterocycles. The normalized spacial score (nSPS) is 12.6. The zero-order valence-electron chi connectivity index (χ0n) is 20.1. The number of nitrogens with zero attached hydrogens (tertiary/aromatic N) is 4. The van der Waals surface area contributed by atoms with Crippen LogP contribution in [0.2, 0.25) is 5.02 Å². The van der Waals surface area contributed by atoms with E-state index < -0.39 is 0 Å². The second-order valence-corrected chi connectivity index (χ2v) is 10.00. The summed E-state index contributed by atoms with van der Waals surface area (Å²) in [5.41, 5.74) is 4.67. The first kappa shape index (κ1) is 25.8. The van der Waals surface area contributed by atoms with Crippen molar-refractivity contribution in [3.05, 3.63) is 58.1 Å². The van der Waals surface area contributed by atoms with Gasteiger partial charge in [-0.25, -0.2) is 4.31 Å². The number of hydrogen-bond donors (Lipinski definition) is 0. The van der Waals surface area contributed by atoms with Crippen LogP contribution >= 0.6 is 23.5 Å². The van der Waals surface area contributed by atoms with E-state index in [1.165, 1.54) is 16.8 Å². The molecule has 0 fully saturated rings. The average Bonchev–Trinajstić information content (AvgIpc) is 2.71. The quantitative estimate of drug-likeness (QED) is 0.330. The fourth-order valence-electron chi connectivity index (χ4n) is 3.22. The van der Waals surface area contributed by atoms with Gasteiger partial charge in [0, 0.05) is 24.3 Å². The van der Waals surface area contributed by atoms with Crippen molar-refractivity contribution in [2.45, 2.75) is 32.9 Å². The van der Waals surface area contributed by atoms with Gasteiger partial charge < -0.3 is 9.64 Å². The molecule has 0 aromatic heterocycles. The topological polar surface area (TPSA) is 22.2 Å². The Morgan fingerprint density at radius 2 is 1.61 bits per heavy atom. The molecule has 0 aliphatic rings. The summed E-state index contributed by atoms with van der Waals surface area (Å²) in [5, 5.41) is 0.759. The van der Waals surface area contributed by atoms with Gasteiger partial charge in [-0.05, 0) is 101 Å². The Labute approximate surface area is 198 Å². The molecule has 0 N–H and O–H groups in total. The molecule has 0 saturated carbocycles. The predicted molar refractivity (Wildman–Crippen MR) is 136 cm³/mol.